The Labute approximate surface area is 128 Å². The maximum atomic E-state index is 4.16. The van der Waals surface area contributed by atoms with Crippen LogP contribution in [0.4, 0.5) is 0 Å². The molecule has 0 heterocycles. The van der Waals surface area contributed by atoms with E-state index >= 15 is 0 Å². The molecule has 0 amide bonds. The van der Waals surface area contributed by atoms with Crippen LogP contribution in [0.3, 0.4) is 0 Å². The minimum Gasteiger partial charge on any atom is -0.386 e. The summed E-state index contributed by atoms with van der Waals surface area (Å²) in [5.41, 5.74) is 1.75. The monoisotopic (exact) mass is 281 g/mol. The number of rotatable bonds is 12. The quantitative estimate of drug-likeness (QED) is 0.406. The molecule has 120 valence electrons. The van der Waals surface area contributed by atoms with Crippen molar-refractivity contribution in [3.05, 3.63) is 12.3 Å². The van der Waals surface area contributed by atoms with Crippen molar-refractivity contribution in [1.82, 2.24) is 5.32 Å². The van der Waals surface area contributed by atoms with Gasteiger partial charge in [-0.05, 0) is 38.0 Å². The van der Waals surface area contributed by atoms with E-state index in [2.05, 4.69) is 46.5 Å². The van der Waals surface area contributed by atoms with Crippen molar-refractivity contribution in [1.29, 1.82) is 0 Å². The molecule has 20 heavy (non-hydrogen) atoms. The van der Waals surface area contributed by atoms with Crippen LogP contribution in [0.2, 0.25) is 0 Å². The Hall–Kier alpha value is -0.460. The molecule has 0 radical (unpaired) electrons. The molecule has 1 unspecified atom stereocenters. The third-order valence-corrected chi connectivity index (χ3v) is 3.85. The van der Waals surface area contributed by atoms with Crippen molar-refractivity contribution in [2.75, 3.05) is 0 Å². The molecule has 0 saturated heterocycles. The van der Waals surface area contributed by atoms with E-state index in [4.69, 9.17) is 0 Å². The van der Waals surface area contributed by atoms with E-state index in [9.17, 15) is 0 Å². The average Bonchev–Trinajstić information content (AvgIpc) is 2.33. The van der Waals surface area contributed by atoms with Gasteiger partial charge in [0.25, 0.3) is 0 Å². The SMILES string of the molecule is C=C(CCCCCCCC(C)(C)C)NC(C)CCCC. The zero-order valence-electron chi connectivity index (χ0n) is 14.9. The Kier molecular flexibility index (Phi) is 11.0. The summed E-state index contributed by atoms with van der Waals surface area (Å²) in [5.74, 6) is 0. The first-order valence-electron chi connectivity index (χ1n) is 8.79. The van der Waals surface area contributed by atoms with E-state index < -0.39 is 0 Å². The Bertz CT molecular complexity index is 237. The first-order valence-corrected chi connectivity index (χ1v) is 8.79. The van der Waals surface area contributed by atoms with Gasteiger partial charge >= 0.3 is 0 Å². The second-order valence-electron chi connectivity index (χ2n) is 7.62. The van der Waals surface area contributed by atoms with Gasteiger partial charge in [0.05, 0.1) is 0 Å². The van der Waals surface area contributed by atoms with Crippen molar-refractivity contribution in [3.8, 4) is 0 Å². The smallest absolute Gasteiger partial charge is 0.0229 e. The molecule has 1 atom stereocenters. The van der Waals surface area contributed by atoms with Crippen LogP contribution in [0.5, 0.6) is 0 Å². The molecule has 0 aliphatic carbocycles. The van der Waals surface area contributed by atoms with Crippen molar-refractivity contribution < 1.29 is 0 Å². The summed E-state index contributed by atoms with van der Waals surface area (Å²) in [6.07, 6.45) is 13.2. The molecule has 0 fully saturated rings. The molecule has 0 aliphatic rings. The number of nitrogens with one attached hydrogen (secondary N) is 1. The summed E-state index contributed by atoms with van der Waals surface area (Å²) in [6.45, 7) is 15.7. The maximum Gasteiger partial charge on any atom is 0.0229 e. The highest BCUT2D eigenvalue weighted by Crippen LogP contribution is 2.22. The van der Waals surface area contributed by atoms with Gasteiger partial charge in [-0.2, -0.15) is 0 Å². The highest BCUT2D eigenvalue weighted by atomic mass is 14.9. The van der Waals surface area contributed by atoms with Gasteiger partial charge < -0.3 is 5.32 Å². The van der Waals surface area contributed by atoms with Crippen molar-refractivity contribution in [2.45, 2.75) is 105 Å². The van der Waals surface area contributed by atoms with Crippen LogP contribution < -0.4 is 5.32 Å². The molecule has 0 aliphatic heterocycles. The molecule has 0 aromatic rings. The molecular weight excluding hydrogens is 242 g/mol. The fraction of sp³-hybridized carbons (Fsp3) is 0.895. The van der Waals surface area contributed by atoms with Crippen molar-refractivity contribution >= 4 is 0 Å². The molecule has 0 spiro atoms. The number of hydrogen-bond acceptors (Lipinski definition) is 1. The summed E-state index contributed by atoms with van der Waals surface area (Å²) in [5, 5.41) is 3.54. The lowest BCUT2D eigenvalue weighted by Crippen LogP contribution is -2.24. The first-order chi connectivity index (χ1) is 9.35. The maximum absolute atomic E-state index is 4.16. The summed E-state index contributed by atoms with van der Waals surface area (Å²) in [7, 11) is 0. The summed E-state index contributed by atoms with van der Waals surface area (Å²) in [6, 6.07) is 0.592. The minimum atomic E-state index is 0.507. The van der Waals surface area contributed by atoms with Crippen LogP contribution in [-0.2, 0) is 0 Å². The molecule has 0 rings (SSSR count). The summed E-state index contributed by atoms with van der Waals surface area (Å²) in [4.78, 5) is 0. The predicted octanol–water partition coefficient (Wildman–Crippen LogP) is 6.45. The van der Waals surface area contributed by atoms with Crippen LogP contribution in [-0.4, -0.2) is 6.04 Å². The Morgan fingerprint density at radius 1 is 1.00 bits per heavy atom. The van der Waals surface area contributed by atoms with Gasteiger partial charge in [-0.25, -0.2) is 0 Å². The van der Waals surface area contributed by atoms with Gasteiger partial charge in [-0.3, -0.25) is 0 Å². The number of hydrogen-bond donors (Lipinski definition) is 1. The molecule has 0 aromatic heterocycles. The Morgan fingerprint density at radius 3 is 2.20 bits per heavy atom. The third kappa shape index (κ3) is 14.0. The van der Waals surface area contributed by atoms with E-state index in [1.165, 1.54) is 63.5 Å². The van der Waals surface area contributed by atoms with Crippen LogP contribution in [0.15, 0.2) is 12.3 Å². The van der Waals surface area contributed by atoms with Gasteiger partial charge in [0.1, 0.15) is 0 Å². The van der Waals surface area contributed by atoms with Crippen molar-refractivity contribution in [2.24, 2.45) is 5.41 Å². The lowest BCUT2D eigenvalue weighted by Gasteiger charge is -2.18. The van der Waals surface area contributed by atoms with Crippen molar-refractivity contribution in [3.63, 3.8) is 0 Å². The van der Waals surface area contributed by atoms with Crippen LogP contribution in [0, 0.1) is 5.41 Å². The third-order valence-electron chi connectivity index (χ3n) is 3.85. The normalized spacial score (nSPS) is 13.2. The molecule has 0 aromatic carbocycles. The first kappa shape index (κ1) is 19.5. The summed E-state index contributed by atoms with van der Waals surface area (Å²) >= 11 is 0. The molecule has 1 nitrogen and oxygen atoms in total. The largest absolute Gasteiger partial charge is 0.386 e. The van der Waals surface area contributed by atoms with E-state index in [-0.39, 0.29) is 0 Å². The lowest BCUT2D eigenvalue weighted by molar-refractivity contribution is 0.356. The van der Waals surface area contributed by atoms with Gasteiger partial charge in [0.15, 0.2) is 0 Å². The van der Waals surface area contributed by atoms with Gasteiger partial charge in [-0.15, -0.1) is 0 Å². The minimum absolute atomic E-state index is 0.507. The van der Waals surface area contributed by atoms with E-state index in [0.29, 0.717) is 11.5 Å². The van der Waals surface area contributed by atoms with Gasteiger partial charge in [0, 0.05) is 11.7 Å². The van der Waals surface area contributed by atoms with Crippen LogP contribution in [0.1, 0.15) is 98.8 Å². The Morgan fingerprint density at radius 2 is 1.60 bits per heavy atom. The fourth-order valence-corrected chi connectivity index (χ4v) is 2.53. The summed E-state index contributed by atoms with van der Waals surface area (Å²) < 4.78 is 0. The highest BCUT2D eigenvalue weighted by Gasteiger charge is 2.08. The molecule has 1 heteroatoms. The molecule has 0 saturated carbocycles. The molecule has 1 N–H and O–H groups in total. The second-order valence-corrected chi connectivity index (χ2v) is 7.62. The molecule has 0 bridgehead atoms. The lowest BCUT2D eigenvalue weighted by atomic mass is 9.89. The number of allylic oxidation sites excluding steroid dienone is 1. The van der Waals surface area contributed by atoms with Gasteiger partial charge in [-0.1, -0.05) is 72.8 Å². The zero-order chi connectivity index (χ0) is 15.4. The Balaban J connectivity index is 3.39. The van der Waals surface area contributed by atoms with Crippen LogP contribution in [0.25, 0.3) is 0 Å². The highest BCUT2D eigenvalue weighted by molar-refractivity contribution is 4.92. The second kappa shape index (κ2) is 11.2. The molecular formula is C19H39N. The zero-order valence-corrected chi connectivity index (χ0v) is 14.9. The van der Waals surface area contributed by atoms with Crippen LogP contribution >= 0.6 is 0 Å². The standard InChI is InChI=1S/C19H39N/c1-7-8-14-17(2)20-18(3)15-12-10-9-11-13-16-19(4,5)6/h17,20H,3,7-16H2,1-2,4-6H3. The topological polar surface area (TPSA) is 12.0 Å². The van der Waals surface area contributed by atoms with E-state index in [1.54, 1.807) is 0 Å². The van der Waals surface area contributed by atoms with Gasteiger partial charge in [0.2, 0.25) is 0 Å². The van der Waals surface area contributed by atoms with E-state index in [0.717, 1.165) is 6.42 Å². The fourth-order valence-electron chi connectivity index (χ4n) is 2.53. The average molecular weight is 282 g/mol. The number of unbranched alkanes of at least 4 members (excludes halogenated alkanes) is 5. The van der Waals surface area contributed by atoms with E-state index in [1.807, 2.05) is 0 Å². The predicted molar refractivity (Wildman–Crippen MR) is 93.0 cm³/mol.